The van der Waals surface area contributed by atoms with Crippen molar-refractivity contribution in [1.29, 1.82) is 0 Å². The third-order valence-corrected chi connectivity index (χ3v) is 6.24. The van der Waals surface area contributed by atoms with Crippen molar-refractivity contribution in [3.8, 4) is 0 Å². The van der Waals surface area contributed by atoms with Crippen molar-refractivity contribution >= 4 is 52.9 Å². The Balaban J connectivity index is 0.000000269. The van der Waals surface area contributed by atoms with Gasteiger partial charge in [0, 0.05) is 18.4 Å². The summed E-state index contributed by atoms with van der Waals surface area (Å²) < 4.78 is 9.81. The Morgan fingerprint density at radius 2 is 1.60 bits per heavy atom. The molecule has 2 N–H and O–H groups in total. The Hall–Kier alpha value is -2.15. The summed E-state index contributed by atoms with van der Waals surface area (Å²) in [5.74, 6) is -0.430. The number of aliphatic hydroxyl groups excluding tert-OH is 1. The van der Waals surface area contributed by atoms with Gasteiger partial charge in [-0.25, -0.2) is 29.5 Å². The van der Waals surface area contributed by atoms with Crippen LogP contribution in [0.1, 0.15) is 60.2 Å². The molecule has 0 spiro atoms. The highest BCUT2D eigenvalue weighted by molar-refractivity contribution is 7.98. The van der Waals surface area contributed by atoms with E-state index in [0.717, 1.165) is 19.3 Å². The van der Waals surface area contributed by atoms with Gasteiger partial charge in [0.05, 0.1) is 19.3 Å². The first-order chi connectivity index (χ1) is 16.8. The minimum absolute atomic E-state index is 0.117. The van der Waals surface area contributed by atoms with Crippen LogP contribution in [0, 0.1) is 0 Å². The fourth-order valence-electron chi connectivity index (χ4n) is 3.21. The number of nitrogens with one attached hydrogen (secondary N) is 1. The summed E-state index contributed by atoms with van der Waals surface area (Å²) in [4.78, 5) is 39.6. The van der Waals surface area contributed by atoms with Gasteiger partial charge in [0.25, 0.3) is 0 Å². The van der Waals surface area contributed by atoms with Gasteiger partial charge in [-0.1, -0.05) is 35.1 Å². The second-order valence-electron chi connectivity index (χ2n) is 7.28. The minimum atomic E-state index is -0.495. The predicted octanol–water partition coefficient (Wildman–Crippen LogP) is 4.12. The number of halogens is 1. The molecule has 0 amide bonds. The Bertz CT molecular complexity index is 1000. The van der Waals surface area contributed by atoms with Gasteiger partial charge in [0.15, 0.2) is 10.3 Å². The highest BCUT2D eigenvalue weighted by Crippen LogP contribution is 2.24. The molecule has 1 aliphatic carbocycles. The molecule has 192 valence electrons. The van der Waals surface area contributed by atoms with Gasteiger partial charge in [-0.05, 0) is 52.0 Å². The lowest BCUT2D eigenvalue weighted by Gasteiger charge is -2.27. The maximum absolute atomic E-state index is 12.0. The number of nitrogens with zero attached hydrogens (tertiary/aromatic N) is 4. The molecule has 3 rings (SSSR count). The van der Waals surface area contributed by atoms with Gasteiger partial charge < -0.3 is 19.9 Å². The van der Waals surface area contributed by atoms with E-state index in [1.165, 1.54) is 35.9 Å². The van der Waals surface area contributed by atoms with Crippen molar-refractivity contribution in [3.05, 3.63) is 28.7 Å². The van der Waals surface area contributed by atoms with E-state index in [2.05, 4.69) is 25.3 Å². The summed E-state index contributed by atoms with van der Waals surface area (Å²) in [6, 6.07) is 0.117. The molecule has 1 saturated carbocycles. The molecule has 0 unspecified atom stereocenters. The molecular weight excluding hydrogens is 514 g/mol. The number of anilines is 1. The first-order valence-electron chi connectivity index (χ1n) is 11.1. The van der Waals surface area contributed by atoms with Crippen LogP contribution in [0.4, 0.5) is 5.82 Å². The molecule has 0 aliphatic heterocycles. The fraction of sp³-hybridized carbons (Fsp3) is 0.545. The molecule has 35 heavy (non-hydrogen) atoms. The van der Waals surface area contributed by atoms with Crippen molar-refractivity contribution in [1.82, 2.24) is 19.9 Å². The van der Waals surface area contributed by atoms with Crippen LogP contribution >= 0.6 is 35.1 Å². The van der Waals surface area contributed by atoms with Gasteiger partial charge in [0.1, 0.15) is 22.1 Å². The van der Waals surface area contributed by atoms with E-state index in [4.69, 9.17) is 21.1 Å². The van der Waals surface area contributed by atoms with E-state index >= 15 is 0 Å². The van der Waals surface area contributed by atoms with Crippen molar-refractivity contribution in [2.45, 2.75) is 62.0 Å². The molecular formula is C22H30ClN5O5S2. The number of carbonyl (C=O) groups excluding carboxylic acids is 2. The standard InChI is InChI=1S/C14H21N3O3S.C8H9ClN2O2S/c1-3-20-13(19)11-8-15-14(21-2)17-12(11)16-9-5-4-6-10(18)7-9;1-3-13-7(12)5-4-10-8(14-2)11-6(5)9/h8-10,18H,3-7H2,1-2H3,(H,15,16,17);4H,3H2,1-2H3/t9-,10+;/m1./s1. The zero-order chi connectivity index (χ0) is 25.8. The molecule has 2 atom stereocenters. The monoisotopic (exact) mass is 543 g/mol. The predicted molar refractivity (Wildman–Crippen MR) is 136 cm³/mol. The lowest BCUT2D eigenvalue weighted by atomic mass is 9.93. The maximum Gasteiger partial charge on any atom is 0.343 e. The van der Waals surface area contributed by atoms with Gasteiger partial charge in [-0.2, -0.15) is 0 Å². The van der Waals surface area contributed by atoms with E-state index in [1.54, 1.807) is 13.8 Å². The Labute approximate surface area is 218 Å². The molecule has 2 aromatic rings. The summed E-state index contributed by atoms with van der Waals surface area (Å²) in [6.07, 6.45) is 9.72. The van der Waals surface area contributed by atoms with E-state index in [-0.39, 0.29) is 22.9 Å². The molecule has 0 saturated heterocycles. The molecule has 13 heteroatoms. The van der Waals surface area contributed by atoms with Crippen molar-refractivity contribution < 1.29 is 24.2 Å². The van der Waals surface area contributed by atoms with E-state index in [0.29, 0.717) is 41.3 Å². The summed E-state index contributed by atoms with van der Waals surface area (Å²) in [5.41, 5.74) is 0.543. The number of thioether (sulfide) groups is 2. The number of esters is 2. The topological polar surface area (TPSA) is 136 Å². The van der Waals surface area contributed by atoms with Crippen LogP contribution in [-0.4, -0.2) is 74.9 Å². The van der Waals surface area contributed by atoms with E-state index in [1.807, 2.05) is 12.5 Å². The summed E-state index contributed by atoms with van der Waals surface area (Å²) in [5, 5.41) is 14.3. The highest BCUT2D eigenvalue weighted by atomic mass is 35.5. The van der Waals surface area contributed by atoms with Crippen molar-refractivity contribution in [2.75, 3.05) is 31.0 Å². The smallest absolute Gasteiger partial charge is 0.343 e. The molecule has 2 aromatic heterocycles. The average molecular weight is 544 g/mol. The summed E-state index contributed by atoms with van der Waals surface area (Å²) >= 11 is 8.55. The normalized spacial score (nSPS) is 17.1. The molecule has 1 fully saturated rings. The lowest BCUT2D eigenvalue weighted by Crippen LogP contribution is -2.31. The third kappa shape index (κ3) is 9.10. The molecule has 0 aromatic carbocycles. The molecule has 0 radical (unpaired) electrons. The Morgan fingerprint density at radius 1 is 1.03 bits per heavy atom. The average Bonchev–Trinajstić information content (AvgIpc) is 2.84. The van der Waals surface area contributed by atoms with Gasteiger partial charge in [-0.3, -0.25) is 0 Å². The zero-order valence-corrected chi connectivity index (χ0v) is 22.5. The van der Waals surface area contributed by atoms with Gasteiger partial charge in [0.2, 0.25) is 0 Å². The number of carbonyl (C=O) groups is 2. The molecule has 1 aliphatic rings. The quantitative estimate of drug-likeness (QED) is 0.214. The zero-order valence-electron chi connectivity index (χ0n) is 20.1. The minimum Gasteiger partial charge on any atom is -0.462 e. The molecule has 0 bridgehead atoms. The van der Waals surface area contributed by atoms with Crippen LogP contribution in [-0.2, 0) is 9.47 Å². The highest BCUT2D eigenvalue weighted by Gasteiger charge is 2.23. The second kappa shape index (κ2) is 15.1. The molecule has 10 nitrogen and oxygen atoms in total. The van der Waals surface area contributed by atoms with Crippen molar-refractivity contribution in [2.24, 2.45) is 0 Å². The van der Waals surface area contributed by atoms with Crippen LogP contribution in [0.15, 0.2) is 22.7 Å². The largest absolute Gasteiger partial charge is 0.462 e. The lowest BCUT2D eigenvalue weighted by molar-refractivity contribution is 0.0516. The summed E-state index contributed by atoms with van der Waals surface area (Å²) in [7, 11) is 0. The number of aromatic nitrogens is 4. The van der Waals surface area contributed by atoms with E-state index < -0.39 is 11.9 Å². The van der Waals surface area contributed by atoms with Gasteiger partial charge >= 0.3 is 11.9 Å². The maximum atomic E-state index is 12.0. The second-order valence-corrected chi connectivity index (χ2v) is 9.19. The number of rotatable bonds is 8. The fourth-order valence-corrected chi connectivity index (χ4v) is 4.15. The number of ether oxygens (including phenoxy) is 2. The van der Waals surface area contributed by atoms with Crippen LogP contribution in [0.25, 0.3) is 0 Å². The SMILES string of the molecule is CCOC(=O)c1cnc(SC)nc1Cl.CCOC(=O)c1cnc(SC)nc1N[C@@H]1CCC[C@H](O)C1. The van der Waals surface area contributed by atoms with E-state index in [9.17, 15) is 14.7 Å². The van der Waals surface area contributed by atoms with Crippen LogP contribution in [0.3, 0.4) is 0 Å². The number of hydrogen-bond donors (Lipinski definition) is 2. The van der Waals surface area contributed by atoms with Crippen LogP contribution in [0.2, 0.25) is 5.15 Å². The van der Waals surface area contributed by atoms with Crippen LogP contribution in [0.5, 0.6) is 0 Å². The van der Waals surface area contributed by atoms with Gasteiger partial charge in [-0.15, -0.1) is 0 Å². The summed E-state index contributed by atoms with van der Waals surface area (Å²) in [6.45, 7) is 4.10. The molecule has 2 heterocycles. The third-order valence-electron chi connectivity index (χ3n) is 4.83. The first kappa shape index (κ1) is 29.1. The Morgan fingerprint density at radius 3 is 2.14 bits per heavy atom. The van der Waals surface area contributed by atoms with Crippen LogP contribution < -0.4 is 5.32 Å². The first-order valence-corrected chi connectivity index (χ1v) is 13.9. The van der Waals surface area contributed by atoms with Crippen molar-refractivity contribution in [3.63, 3.8) is 0 Å². The Kier molecular flexibility index (Phi) is 12.5. The number of hydrogen-bond acceptors (Lipinski definition) is 12. The number of aliphatic hydroxyl groups is 1.